The van der Waals surface area contributed by atoms with E-state index < -0.39 is 5.82 Å². The summed E-state index contributed by atoms with van der Waals surface area (Å²) >= 11 is 0. The van der Waals surface area contributed by atoms with E-state index in [0.717, 1.165) is 0 Å². The summed E-state index contributed by atoms with van der Waals surface area (Å²) in [4.78, 5) is 7.91. The van der Waals surface area contributed by atoms with E-state index in [0.29, 0.717) is 12.4 Å². The predicted octanol–water partition coefficient (Wildman–Crippen LogP) is 1.52. The molecule has 3 aromatic rings. The molecule has 2 heterocycles. The van der Waals surface area contributed by atoms with Crippen molar-refractivity contribution in [1.29, 1.82) is 0 Å². The van der Waals surface area contributed by atoms with Crippen molar-refractivity contribution < 1.29 is 8.91 Å². The minimum atomic E-state index is -0.395. The molecule has 0 N–H and O–H groups in total. The van der Waals surface area contributed by atoms with Crippen molar-refractivity contribution in [3.8, 4) is 11.5 Å². The molecule has 2 aromatic heterocycles. The third kappa shape index (κ3) is 1.97. The normalized spacial score (nSPS) is 10.7. The summed E-state index contributed by atoms with van der Waals surface area (Å²) in [5, 5.41) is 7.69. The molecule has 0 aliphatic carbocycles. The standard InChI is InChI=1S/C11H8FN5O/c12-9-4-2-1-3-8(9)11-15-10(16-18-11)5-17-7-13-6-14-17/h1-4,6-7H,5H2. The number of benzene rings is 1. The summed E-state index contributed by atoms with van der Waals surface area (Å²) < 4.78 is 20.1. The highest BCUT2D eigenvalue weighted by molar-refractivity contribution is 5.53. The highest BCUT2D eigenvalue weighted by Crippen LogP contribution is 2.20. The van der Waals surface area contributed by atoms with Crippen LogP contribution in [0.25, 0.3) is 11.5 Å². The molecule has 0 radical (unpaired) electrons. The summed E-state index contributed by atoms with van der Waals surface area (Å²) in [6, 6.07) is 6.24. The maximum Gasteiger partial charge on any atom is 0.260 e. The minimum Gasteiger partial charge on any atom is -0.334 e. The summed E-state index contributed by atoms with van der Waals surface area (Å²) in [6.45, 7) is 0.331. The lowest BCUT2D eigenvalue weighted by Crippen LogP contribution is -2.01. The van der Waals surface area contributed by atoms with Crippen LogP contribution in [0, 0.1) is 5.82 Å². The van der Waals surface area contributed by atoms with Gasteiger partial charge in [0.15, 0.2) is 5.82 Å². The van der Waals surface area contributed by atoms with Gasteiger partial charge in [0.1, 0.15) is 25.0 Å². The zero-order valence-electron chi connectivity index (χ0n) is 9.19. The van der Waals surface area contributed by atoms with Gasteiger partial charge in [0.25, 0.3) is 5.89 Å². The number of aromatic nitrogens is 5. The van der Waals surface area contributed by atoms with Gasteiger partial charge in [0.05, 0.1) is 5.56 Å². The van der Waals surface area contributed by atoms with Gasteiger partial charge in [-0.05, 0) is 12.1 Å². The number of halogens is 1. The lowest BCUT2D eigenvalue weighted by Gasteiger charge is -1.94. The van der Waals surface area contributed by atoms with Gasteiger partial charge in [0.2, 0.25) is 0 Å². The number of hydrogen-bond donors (Lipinski definition) is 0. The Morgan fingerprint density at radius 2 is 2.17 bits per heavy atom. The Morgan fingerprint density at radius 1 is 1.28 bits per heavy atom. The van der Waals surface area contributed by atoms with Crippen LogP contribution in [0.1, 0.15) is 5.82 Å². The molecule has 18 heavy (non-hydrogen) atoms. The third-order valence-corrected chi connectivity index (χ3v) is 2.34. The van der Waals surface area contributed by atoms with Crippen LogP contribution in [0.5, 0.6) is 0 Å². The van der Waals surface area contributed by atoms with Crippen molar-refractivity contribution in [1.82, 2.24) is 24.9 Å². The number of rotatable bonds is 3. The lowest BCUT2D eigenvalue weighted by atomic mass is 10.2. The smallest absolute Gasteiger partial charge is 0.260 e. The molecule has 0 bridgehead atoms. The van der Waals surface area contributed by atoms with Crippen LogP contribution in [0.4, 0.5) is 4.39 Å². The first kappa shape index (κ1) is 10.6. The van der Waals surface area contributed by atoms with Crippen molar-refractivity contribution in [2.45, 2.75) is 6.54 Å². The van der Waals surface area contributed by atoms with Crippen LogP contribution in [0.3, 0.4) is 0 Å². The molecule has 6 nitrogen and oxygen atoms in total. The van der Waals surface area contributed by atoms with Gasteiger partial charge in [-0.2, -0.15) is 10.1 Å². The van der Waals surface area contributed by atoms with Crippen molar-refractivity contribution in [3.63, 3.8) is 0 Å². The zero-order valence-corrected chi connectivity index (χ0v) is 9.19. The van der Waals surface area contributed by atoms with E-state index in [9.17, 15) is 4.39 Å². The first-order chi connectivity index (χ1) is 8.83. The molecule has 0 atom stereocenters. The summed E-state index contributed by atoms with van der Waals surface area (Å²) in [5.74, 6) is 0.176. The van der Waals surface area contributed by atoms with Gasteiger partial charge in [-0.25, -0.2) is 14.1 Å². The van der Waals surface area contributed by atoms with Gasteiger partial charge in [0, 0.05) is 0 Å². The van der Waals surface area contributed by atoms with E-state index in [-0.39, 0.29) is 11.5 Å². The molecule has 3 rings (SSSR count). The van der Waals surface area contributed by atoms with E-state index in [1.165, 1.54) is 12.4 Å². The van der Waals surface area contributed by atoms with Crippen molar-refractivity contribution in [3.05, 3.63) is 48.6 Å². The average Bonchev–Trinajstić information content (AvgIpc) is 3.02. The highest BCUT2D eigenvalue weighted by Gasteiger charge is 2.12. The highest BCUT2D eigenvalue weighted by atomic mass is 19.1. The largest absolute Gasteiger partial charge is 0.334 e. The number of hydrogen-bond acceptors (Lipinski definition) is 5. The van der Waals surface area contributed by atoms with Gasteiger partial charge in [-0.15, -0.1) is 0 Å². The fourth-order valence-corrected chi connectivity index (χ4v) is 1.52. The van der Waals surface area contributed by atoms with Crippen LogP contribution in [-0.4, -0.2) is 24.9 Å². The Morgan fingerprint density at radius 3 is 2.94 bits per heavy atom. The summed E-state index contributed by atoms with van der Waals surface area (Å²) in [5.41, 5.74) is 0.287. The van der Waals surface area contributed by atoms with E-state index in [4.69, 9.17) is 4.52 Å². The molecule has 0 saturated heterocycles. The van der Waals surface area contributed by atoms with Crippen LogP contribution in [-0.2, 0) is 6.54 Å². The molecule has 90 valence electrons. The fraction of sp³-hybridized carbons (Fsp3) is 0.0909. The van der Waals surface area contributed by atoms with E-state index >= 15 is 0 Å². The molecular weight excluding hydrogens is 237 g/mol. The van der Waals surface area contributed by atoms with Gasteiger partial charge in [-0.3, -0.25) is 0 Å². The van der Waals surface area contributed by atoms with Crippen molar-refractivity contribution >= 4 is 0 Å². The molecule has 0 unspecified atom stereocenters. The van der Waals surface area contributed by atoms with Crippen LogP contribution >= 0.6 is 0 Å². The Kier molecular flexibility index (Phi) is 2.56. The van der Waals surface area contributed by atoms with Gasteiger partial charge < -0.3 is 4.52 Å². The molecule has 0 aliphatic heterocycles. The molecule has 7 heteroatoms. The maximum absolute atomic E-state index is 13.5. The Balaban J connectivity index is 1.88. The second-order valence-corrected chi connectivity index (χ2v) is 3.59. The topological polar surface area (TPSA) is 69.6 Å². The first-order valence-electron chi connectivity index (χ1n) is 5.23. The molecule has 0 aliphatic rings. The average molecular weight is 245 g/mol. The van der Waals surface area contributed by atoms with E-state index in [1.54, 1.807) is 29.2 Å². The zero-order chi connectivity index (χ0) is 12.4. The molecule has 0 amide bonds. The fourth-order valence-electron chi connectivity index (χ4n) is 1.52. The first-order valence-corrected chi connectivity index (χ1v) is 5.23. The second-order valence-electron chi connectivity index (χ2n) is 3.59. The van der Waals surface area contributed by atoms with Crippen LogP contribution < -0.4 is 0 Å². The Bertz CT molecular complexity index is 649. The third-order valence-electron chi connectivity index (χ3n) is 2.34. The maximum atomic E-state index is 13.5. The second kappa shape index (κ2) is 4.36. The van der Waals surface area contributed by atoms with E-state index in [1.807, 2.05) is 0 Å². The predicted molar refractivity (Wildman–Crippen MR) is 58.8 cm³/mol. The Hall–Kier alpha value is -2.57. The summed E-state index contributed by atoms with van der Waals surface area (Å²) in [6.07, 6.45) is 2.96. The van der Waals surface area contributed by atoms with Crippen molar-refractivity contribution in [2.24, 2.45) is 0 Å². The van der Waals surface area contributed by atoms with E-state index in [2.05, 4.69) is 20.2 Å². The molecule has 0 spiro atoms. The quantitative estimate of drug-likeness (QED) is 0.699. The van der Waals surface area contributed by atoms with Gasteiger partial charge in [-0.1, -0.05) is 17.3 Å². The van der Waals surface area contributed by atoms with Crippen LogP contribution in [0.15, 0.2) is 41.4 Å². The molecular formula is C11H8FN5O. The SMILES string of the molecule is Fc1ccccc1-c1nc(Cn2cncn2)no1. The minimum absolute atomic E-state index is 0.156. The monoisotopic (exact) mass is 245 g/mol. The van der Waals surface area contributed by atoms with Gasteiger partial charge >= 0.3 is 0 Å². The molecule has 1 aromatic carbocycles. The Labute approximate surface area is 101 Å². The number of nitrogens with zero attached hydrogens (tertiary/aromatic N) is 5. The summed E-state index contributed by atoms with van der Waals surface area (Å²) in [7, 11) is 0. The lowest BCUT2D eigenvalue weighted by molar-refractivity contribution is 0.416. The van der Waals surface area contributed by atoms with Crippen LogP contribution in [0.2, 0.25) is 0 Å². The van der Waals surface area contributed by atoms with Crippen molar-refractivity contribution in [2.75, 3.05) is 0 Å². The molecule has 0 fully saturated rings. The molecule has 0 saturated carbocycles.